The molecule has 0 unspecified atom stereocenters. The third-order valence-corrected chi connectivity index (χ3v) is 3.29. The molecule has 5 heteroatoms. The summed E-state index contributed by atoms with van der Waals surface area (Å²) in [4.78, 5) is 0. The highest BCUT2D eigenvalue weighted by Crippen LogP contribution is 2.08. The molecule has 0 aliphatic rings. The van der Waals surface area contributed by atoms with Crippen molar-refractivity contribution >= 4 is 10.4 Å². The van der Waals surface area contributed by atoms with Gasteiger partial charge in [-0.25, -0.2) is 4.18 Å². The van der Waals surface area contributed by atoms with Crippen molar-refractivity contribution in [3.05, 3.63) is 0 Å². The van der Waals surface area contributed by atoms with Gasteiger partial charge in [0.05, 0.1) is 13.7 Å². The minimum atomic E-state index is -3.72. The molecule has 0 atom stereocenters. The lowest BCUT2D eigenvalue weighted by molar-refractivity contribution is 0.238. The molecule has 0 radical (unpaired) electrons. The van der Waals surface area contributed by atoms with Crippen molar-refractivity contribution in [1.29, 1.82) is 0 Å². The van der Waals surface area contributed by atoms with Gasteiger partial charge in [0, 0.05) is 0 Å². The lowest BCUT2D eigenvalue weighted by Gasteiger charge is -2.03. The maximum absolute atomic E-state index is 10.8. The van der Waals surface area contributed by atoms with Crippen molar-refractivity contribution in [2.75, 3.05) is 13.7 Å². The summed E-state index contributed by atoms with van der Waals surface area (Å²) in [7, 11) is -2.62. The summed E-state index contributed by atoms with van der Waals surface area (Å²) < 4.78 is 30.3. The van der Waals surface area contributed by atoms with E-state index in [-0.39, 0.29) is 6.61 Å². The van der Waals surface area contributed by atoms with Crippen molar-refractivity contribution in [2.24, 2.45) is 0 Å². The van der Waals surface area contributed by atoms with Crippen LogP contribution in [0.4, 0.5) is 0 Å². The van der Waals surface area contributed by atoms with Crippen LogP contribution >= 0.6 is 0 Å². The molecule has 0 rings (SSSR count). The first-order chi connectivity index (χ1) is 7.62. The maximum atomic E-state index is 10.8. The third kappa shape index (κ3) is 10.4. The molecule has 0 fully saturated rings. The molecule has 0 aromatic heterocycles. The Morgan fingerprint density at radius 1 is 0.875 bits per heavy atom. The second-order valence-electron chi connectivity index (χ2n) is 3.87. The predicted molar refractivity (Wildman–Crippen MR) is 64.5 cm³/mol. The van der Waals surface area contributed by atoms with E-state index in [9.17, 15) is 8.42 Å². The van der Waals surface area contributed by atoms with Crippen LogP contribution in [0, 0.1) is 0 Å². The van der Waals surface area contributed by atoms with E-state index < -0.39 is 10.4 Å². The van der Waals surface area contributed by atoms with Crippen LogP contribution in [-0.4, -0.2) is 22.1 Å². The maximum Gasteiger partial charge on any atom is 0.399 e. The van der Waals surface area contributed by atoms with Crippen LogP contribution in [0.2, 0.25) is 0 Å². The number of hydrogen-bond donors (Lipinski definition) is 0. The van der Waals surface area contributed by atoms with Gasteiger partial charge in [0.1, 0.15) is 0 Å². The largest absolute Gasteiger partial charge is 0.399 e. The molecule has 0 saturated carbocycles. The van der Waals surface area contributed by atoms with Crippen LogP contribution in [0.25, 0.3) is 0 Å². The molecular formula is C11H24O4S. The summed E-state index contributed by atoms with van der Waals surface area (Å²) in [5, 5.41) is 0. The first-order valence-corrected chi connectivity index (χ1v) is 7.40. The van der Waals surface area contributed by atoms with Crippen molar-refractivity contribution < 1.29 is 16.8 Å². The van der Waals surface area contributed by atoms with E-state index >= 15 is 0 Å². The molecule has 0 aliphatic carbocycles. The van der Waals surface area contributed by atoms with Gasteiger partial charge < -0.3 is 0 Å². The fourth-order valence-electron chi connectivity index (χ4n) is 1.45. The van der Waals surface area contributed by atoms with Gasteiger partial charge in [-0.05, 0) is 6.42 Å². The Morgan fingerprint density at radius 3 is 1.88 bits per heavy atom. The summed E-state index contributed by atoms with van der Waals surface area (Å²) in [5.41, 5.74) is 0. The molecule has 0 saturated heterocycles. The molecule has 0 amide bonds. The first kappa shape index (κ1) is 15.9. The van der Waals surface area contributed by atoms with Gasteiger partial charge in [0.15, 0.2) is 0 Å². The summed E-state index contributed by atoms with van der Waals surface area (Å²) in [6.07, 6.45) is 9.35. The molecule has 0 aliphatic heterocycles. The van der Waals surface area contributed by atoms with E-state index in [4.69, 9.17) is 0 Å². The van der Waals surface area contributed by atoms with E-state index in [0.29, 0.717) is 0 Å². The van der Waals surface area contributed by atoms with Crippen molar-refractivity contribution in [1.82, 2.24) is 0 Å². The van der Waals surface area contributed by atoms with Gasteiger partial charge >= 0.3 is 10.4 Å². The third-order valence-electron chi connectivity index (χ3n) is 2.43. The smallest absolute Gasteiger partial charge is 0.252 e. The summed E-state index contributed by atoms with van der Waals surface area (Å²) in [6.45, 7) is 2.43. The van der Waals surface area contributed by atoms with Gasteiger partial charge in [0.25, 0.3) is 0 Å². The lowest BCUT2D eigenvalue weighted by Crippen LogP contribution is -2.08. The molecule has 0 bridgehead atoms. The standard InChI is InChI=1S/C11H24O4S/c1-3-4-5-6-7-8-9-10-11-15-16(12,13)14-2/h3-11H2,1-2H3. The highest BCUT2D eigenvalue weighted by Gasteiger charge is 2.07. The zero-order valence-corrected chi connectivity index (χ0v) is 11.2. The molecule has 0 N–H and O–H groups in total. The van der Waals surface area contributed by atoms with Crippen LogP contribution in [0.3, 0.4) is 0 Å². The molecule has 16 heavy (non-hydrogen) atoms. The van der Waals surface area contributed by atoms with E-state index in [2.05, 4.69) is 15.3 Å². The van der Waals surface area contributed by atoms with Crippen molar-refractivity contribution in [3.63, 3.8) is 0 Å². The van der Waals surface area contributed by atoms with Gasteiger partial charge in [-0.1, -0.05) is 51.9 Å². The highest BCUT2D eigenvalue weighted by atomic mass is 32.3. The Labute approximate surface area is 99.7 Å². The minimum Gasteiger partial charge on any atom is -0.252 e. The summed E-state index contributed by atoms with van der Waals surface area (Å²) >= 11 is 0. The van der Waals surface area contributed by atoms with E-state index in [1.54, 1.807) is 0 Å². The molecule has 0 spiro atoms. The predicted octanol–water partition coefficient (Wildman–Crippen LogP) is 3.03. The van der Waals surface area contributed by atoms with Crippen molar-refractivity contribution in [2.45, 2.75) is 58.3 Å². The zero-order valence-electron chi connectivity index (χ0n) is 10.4. The molecule has 0 aromatic carbocycles. The van der Waals surface area contributed by atoms with Crippen molar-refractivity contribution in [3.8, 4) is 0 Å². The minimum absolute atomic E-state index is 0.227. The topological polar surface area (TPSA) is 52.6 Å². The Bertz CT molecular complexity index is 236. The fourth-order valence-corrected chi connectivity index (χ4v) is 1.86. The lowest BCUT2D eigenvalue weighted by atomic mass is 10.1. The molecule has 0 heterocycles. The van der Waals surface area contributed by atoms with Crippen LogP contribution in [0.1, 0.15) is 58.3 Å². The monoisotopic (exact) mass is 252 g/mol. The fraction of sp³-hybridized carbons (Fsp3) is 1.00. The average Bonchev–Trinajstić information content (AvgIpc) is 2.27. The second kappa shape index (κ2) is 10.1. The second-order valence-corrected chi connectivity index (χ2v) is 5.26. The normalized spacial score (nSPS) is 11.9. The average molecular weight is 252 g/mol. The van der Waals surface area contributed by atoms with Crippen LogP contribution in [0.5, 0.6) is 0 Å². The van der Waals surface area contributed by atoms with Gasteiger partial charge in [0.2, 0.25) is 0 Å². The summed E-state index contributed by atoms with van der Waals surface area (Å²) in [6, 6.07) is 0. The Morgan fingerprint density at radius 2 is 1.38 bits per heavy atom. The zero-order chi connectivity index (χ0) is 12.3. The quantitative estimate of drug-likeness (QED) is 0.530. The highest BCUT2D eigenvalue weighted by molar-refractivity contribution is 7.81. The Balaban J connectivity index is 3.16. The number of rotatable bonds is 11. The van der Waals surface area contributed by atoms with Gasteiger partial charge in [-0.2, -0.15) is 8.42 Å². The molecule has 98 valence electrons. The molecule has 0 aromatic rings. The van der Waals surface area contributed by atoms with Gasteiger partial charge in [-0.3, -0.25) is 4.18 Å². The van der Waals surface area contributed by atoms with E-state index in [1.165, 1.54) is 32.1 Å². The first-order valence-electron chi connectivity index (χ1n) is 6.07. The van der Waals surface area contributed by atoms with Crippen LogP contribution < -0.4 is 0 Å². The van der Waals surface area contributed by atoms with Crippen LogP contribution in [0.15, 0.2) is 0 Å². The number of unbranched alkanes of at least 4 members (excludes halogenated alkanes) is 7. The molecule has 4 nitrogen and oxygen atoms in total. The van der Waals surface area contributed by atoms with E-state index in [1.807, 2.05) is 0 Å². The Hall–Kier alpha value is -0.130. The number of hydrogen-bond acceptors (Lipinski definition) is 4. The Kier molecular flexibility index (Phi) is 9.97. The summed E-state index contributed by atoms with van der Waals surface area (Å²) in [5.74, 6) is 0. The molecular weight excluding hydrogens is 228 g/mol. The van der Waals surface area contributed by atoms with Crippen LogP contribution in [-0.2, 0) is 18.8 Å². The van der Waals surface area contributed by atoms with E-state index in [0.717, 1.165) is 26.4 Å². The van der Waals surface area contributed by atoms with Gasteiger partial charge in [-0.15, -0.1) is 0 Å². The SMILES string of the molecule is CCCCCCCCCCOS(=O)(=O)OC.